The molecule has 48 heavy (non-hydrogen) atoms. The van der Waals surface area contributed by atoms with Gasteiger partial charge in [-0.15, -0.1) is 0 Å². The highest BCUT2D eigenvalue weighted by atomic mass is 32.2. The molecule has 4 unspecified atom stereocenters. The first-order chi connectivity index (χ1) is 22.4. The maximum absolute atomic E-state index is 13.6. The molecule has 1 heterocycles. The number of hydrogen-bond donors (Lipinski definition) is 1. The molecule has 0 aromatic carbocycles. The smallest absolute Gasteiger partial charge is 0.311 e. The molecule has 1 saturated carbocycles. The van der Waals surface area contributed by atoms with Crippen LogP contribution in [0, 0.1) is 28.1 Å². The summed E-state index contributed by atoms with van der Waals surface area (Å²) in [6, 6.07) is 0. The lowest BCUT2D eigenvalue weighted by atomic mass is 9.67. The van der Waals surface area contributed by atoms with E-state index in [4.69, 9.17) is 33.0 Å². The van der Waals surface area contributed by atoms with Gasteiger partial charge in [-0.1, -0.05) is 13.8 Å². The molecule has 1 aliphatic heterocycles. The Balaban J connectivity index is 2.19. The van der Waals surface area contributed by atoms with E-state index in [1.54, 1.807) is 34.6 Å². The molecular formula is C34H58O13S. The summed E-state index contributed by atoms with van der Waals surface area (Å²) in [6.45, 7) is 10.4. The van der Waals surface area contributed by atoms with Gasteiger partial charge in [-0.25, -0.2) is 0 Å². The summed E-state index contributed by atoms with van der Waals surface area (Å²) < 4.78 is 57.2. The van der Waals surface area contributed by atoms with E-state index >= 15 is 0 Å². The third kappa shape index (κ3) is 12.9. The van der Waals surface area contributed by atoms with Crippen LogP contribution < -0.4 is 0 Å². The first-order valence-corrected chi connectivity index (χ1v) is 18.6. The van der Waals surface area contributed by atoms with Gasteiger partial charge in [0.15, 0.2) is 0 Å². The number of esters is 4. The van der Waals surface area contributed by atoms with Crippen molar-refractivity contribution in [3.8, 4) is 0 Å². The normalized spacial score (nSPS) is 22.8. The van der Waals surface area contributed by atoms with Gasteiger partial charge in [-0.3, -0.25) is 23.4 Å². The van der Waals surface area contributed by atoms with Crippen LogP contribution in [0.1, 0.15) is 106 Å². The van der Waals surface area contributed by atoms with E-state index in [0.29, 0.717) is 38.2 Å². The van der Waals surface area contributed by atoms with Gasteiger partial charge < -0.3 is 28.8 Å². The zero-order valence-corrected chi connectivity index (χ0v) is 30.7. The molecule has 0 amide bonds. The summed E-state index contributed by atoms with van der Waals surface area (Å²) >= 11 is 0. The number of carbonyl (C=O) groups is 4. The van der Waals surface area contributed by atoms with Gasteiger partial charge in [0.25, 0.3) is 10.1 Å². The van der Waals surface area contributed by atoms with Crippen LogP contribution in [0.15, 0.2) is 0 Å². The summed E-state index contributed by atoms with van der Waals surface area (Å²) in [5, 5.41) is 8.56. The molecule has 0 bridgehead atoms. The summed E-state index contributed by atoms with van der Waals surface area (Å²) in [6.07, 6.45) is 3.48. The van der Waals surface area contributed by atoms with Crippen molar-refractivity contribution in [3.05, 3.63) is 0 Å². The van der Waals surface area contributed by atoms with Crippen molar-refractivity contribution in [2.24, 2.45) is 28.1 Å². The SMILES string of the molecule is CCC(C)(CC(CC(C)(CC(C)(C)C(=O)OCC1CO1)C(=O)OC)C(=O)OCCCCO)C(=O)OCCOS(=O)(=O)C1CCC(C)CC1. The zero-order chi connectivity index (χ0) is 36.2. The van der Waals surface area contributed by atoms with Gasteiger partial charge in [-0.05, 0) is 97.8 Å². The molecule has 1 N–H and O–H groups in total. The molecule has 14 heteroatoms. The summed E-state index contributed by atoms with van der Waals surface area (Å²) in [5.74, 6) is -2.97. The van der Waals surface area contributed by atoms with Crippen LogP contribution in [0.4, 0.5) is 0 Å². The van der Waals surface area contributed by atoms with E-state index in [0.717, 1.165) is 12.8 Å². The molecule has 2 rings (SSSR count). The molecule has 0 aromatic rings. The second-order valence-corrected chi connectivity index (χ2v) is 16.5. The van der Waals surface area contributed by atoms with E-state index in [2.05, 4.69) is 6.92 Å². The number of methoxy groups -OCH3 is 1. The Kier molecular flexibility index (Phi) is 16.3. The summed E-state index contributed by atoms with van der Waals surface area (Å²) in [5.41, 5.74) is -3.72. The Labute approximate surface area is 286 Å². The second-order valence-electron chi connectivity index (χ2n) is 14.6. The second kappa shape index (κ2) is 18.6. The average Bonchev–Trinajstić information content (AvgIpc) is 3.87. The van der Waals surface area contributed by atoms with Crippen molar-refractivity contribution in [1.82, 2.24) is 0 Å². The van der Waals surface area contributed by atoms with E-state index in [1.165, 1.54) is 7.11 Å². The lowest BCUT2D eigenvalue weighted by Crippen LogP contribution is -2.43. The van der Waals surface area contributed by atoms with Crippen LogP contribution in [-0.2, 0) is 57.2 Å². The Morgan fingerprint density at radius 2 is 1.48 bits per heavy atom. The Hall–Kier alpha value is -2.29. The minimum atomic E-state index is -3.80. The fraction of sp³-hybridized carbons (Fsp3) is 0.882. The minimum absolute atomic E-state index is 0.0235. The number of rotatable bonds is 22. The van der Waals surface area contributed by atoms with E-state index in [1.807, 2.05) is 0 Å². The highest BCUT2D eigenvalue weighted by Gasteiger charge is 2.48. The maximum atomic E-state index is 13.6. The van der Waals surface area contributed by atoms with E-state index in [-0.39, 0.29) is 64.8 Å². The highest BCUT2D eigenvalue weighted by molar-refractivity contribution is 7.87. The third-order valence-electron chi connectivity index (χ3n) is 9.60. The van der Waals surface area contributed by atoms with Gasteiger partial charge in [0.05, 0.1) is 47.7 Å². The van der Waals surface area contributed by atoms with Crippen molar-refractivity contribution < 1.29 is 60.6 Å². The topological polar surface area (TPSA) is 181 Å². The van der Waals surface area contributed by atoms with E-state index in [9.17, 15) is 27.6 Å². The van der Waals surface area contributed by atoms with Gasteiger partial charge in [0, 0.05) is 6.61 Å². The Morgan fingerprint density at radius 3 is 2.04 bits per heavy atom. The summed E-state index contributed by atoms with van der Waals surface area (Å²) in [7, 11) is -2.57. The molecule has 0 aromatic heterocycles. The zero-order valence-electron chi connectivity index (χ0n) is 29.9. The lowest BCUT2D eigenvalue weighted by Gasteiger charge is -2.37. The number of unbranched alkanes of at least 4 members (excludes halogenated alkanes) is 1. The molecule has 1 saturated heterocycles. The number of epoxide rings is 1. The first kappa shape index (κ1) is 41.9. The lowest BCUT2D eigenvalue weighted by molar-refractivity contribution is -0.165. The van der Waals surface area contributed by atoms with Crippen LogP contribution in [0.5, 0.6) is 0 Å². The predicted octanol–water partition coefficient (Wildman–Crippen LogP) is 4.12. The van der Waals surface area contributed by atoms with Crippen LogP contribution in [0.2, 0.25) is 0 Å². The molecule has 278 valence electrons. The highest BCUT2D eigenvalue weighted by Crippen LogP contribution is 2.44. The quantitative estimate of drug-likeness (QED) is 0.0559. The summed E-state index contributed by atoms with van der Waals surface area (Å²) in [4.78, 5) is 53.3. The number of ether oxygens (including phenoxy) is 5. The average molecular weight is 707 g/mol. The van der Waals surface area contributed by atoms with Crippen LogP contribution >= 0.6 is 0 Å². The monoisotopic (exact) mass is 706 g/mol. The first-order valence-electron chi connectivity index (χ1n) is 17.1. The fourth-order valence-corrected chi connectivity index (χ4v) is 7.67. The number of aliphatic hydroxyl groups is 1. The van der Waals surface area contributed by atoms with Crippen LogP contribution in [0.3, 0.4) is 0 Å². The van der Waals surface area contributed by atoms with Gasteiger partial charge in [-0.2, -0.15) is 8.42 Å². The molecule has 0 spiro atoms. The fourth-order valence-electron chi connectivity index (χ4n) is 6.33. The van der Waals surface area contributed by atoms with Crippen molar-refractivity contribution in [2.45, 2.75) is 117 Å². The Bertz CT molecular complexity index is 1170. The number of hydrogen-bond acceptors (Lipinski definition) is 13. The number of carbonyl (C=O) groups excluding carboxylic acids is 4. The van der Waals surface area contributed by atoms with Crippen molar-refractivity contribution in [1.29, 1.82) is 0 Å². The van der Waals surface area contributed by atoms with Crippen molar-refractivity contribution in [3.63, 3.8) is 0 Å². The maximum Gasteiger partial charge on any atom is 0.311 e. The molecule has 2 fully saturated rings. The van der Waals surface area contributed by atoms with Crippen molar-refractivity contribution >= 4 is 34.0 Å². The molecule has 13 nitrogen and oxygen atoms in total. The largest absolute Gasteiger partial charge is 0.469 e. The molecule has 1 aliphatic carbocycles. The minimum Gasteiger partial charge on any atom is -0.469 e. The van der Waals surface area contributed by atoms with Crippen LogP contribution in [-0.4, -0.2) is 95.5 Å². The Morgan fingerprint density at radius 1 is 0.854 bits per heavy atom. The molecule has 2 aliphatic rings. The standard InChI is InChI=1S/C34H58O13S/c1-8-33(5,31(39)44-17-18-47-48(40,41)27-13-11-24(2)12-14-27)19-25(28(36)43-16-10-9-15-35)20-34(6,30(38)42-7)23-32(3,4)29(37)46-22-26-21-45-26/h24-27,35H,8-23H2,1-7H3. The number of aliphatic hydroxyl groups excluding tert-OH is 1. The van der Waals surface area contributed by atoms with Gasteiger partial charge >= 0.3 is 23.9 Å². The van der Waals surface area contributed by atoms with E-state index < -0.39 is 61.4 Å². The molecule has 0 radical (unpaired) electrons. The van der Waals surface area contributed by atoms with Gasteiger partial charge in [0.1, 0.15) is 25.9 Å². The predicted molar refractivity (Wildman–Crippen MR) is 175 cm³/mol. The molecule has 4 atom stereocenters. The molecular weight excluding hydrogens is 648 g/mol. The van der Waals surface area contributed by atoms with Crippen LogP contribution in [0.25, 0.3) is 0 Å². The third-order valence-corrected chi connectivity index (χ3v) is 11.4. The van der Waals surface area contributed by atoms with Crippen molar-refractivity contribution in [2.75, 3.05) is 46.8 Å². The van der Waals surface area contributed by atoms with Gasteiger partial charge in [0.2, 0.25) is 0 Å².